The topological polar surface area (TPSA) is 92.9 Å². The van der Waals surface area contributed by atoms with E-state index in [1.807, 2.05) is 20.8 Å². The van der Waals surface area contributed by atoms with Gasteiger partial charge in [-0.05, 0) is 39.5 Å². The van der Waals surface area contributed by atoms with Crippen LogP contribution in [-0.4, -0.2) is 59.5 Å². The minimum absolute atomic E-state index is 0.0248. The second-order valence-corrected chi connectivity index (χ2v) is 7.54. The summed E-state index contributed by atoms with van der Waals surface area (Å²) in [7, 11) is 0. The van der Waals surface area contributed by atoms with Gasteiger partial charge in [-0.3, -0.25) is 9.59 Å². The van der Waals surface area contributed by atoms with Crippen molar-refractivity contribution in [2.75, 3.05) is 26.2 Å². The molecule has 2 aliphatic heterocycles. The second kappa shape index (κ2) is 6.76. The summed E-state index contributed by atoms with van der Waals surface area (Å²) in [6.45, 7) is 7.78. The van der Waals surface area contributed by atoms with Crippen LogP contribution in [0.4, 0.5) is 4.79 Å². The molecule has 2 rings (SSSR count). The molecule has 0 aliphatic carbocycles. The zero-order chi connectivity index (χ0) is 17.2. The molecule has 2 heterocycles. The number of ether oxygens (including phenoxy) is 1. The van der Waals surface area contributed by atoms with E-state index in [0.717, 1.165) is 12.8 Å². The van der Waals surface area contributed by atoms with Crippen LogP contribution in [0.5, 0.6) is 0 Å². The molecule has 130 valence electrons. The summed E-state index contributed by atoms with van der Waals surface area (Å²) in [6, 6.07) is 0. The summed E-state index contributed by atoms with van der Waals surface area (Å²) in [5.41, 5.74) is 4.78. The van der Waals surface area contributed by atoms with E-state index in [9.17, 15) is 14.4 Å². The predicted octanol–water partition coefficient (Wildman–Crippen LogP) is 0.967. The molecule has 2 fully saturated rings. The van der Waals surface area contributed by atoms with Gasteiger partial charge < -0.3 is 20.3 Å². The number of carbonyl (C=O) groups excluding carboxylic acids is 3. The maximum atomic E-state index is 12.2. The van der Waals surface area contributed by atoms with Crippen LogP contribution in [-0.2, 0) is 14.3 Å². The third kappa shape index (κ3) is 4.84. The number of carbonyl (C=O) groups is 3. The van der Waals surface area contributed by atoms with Crippen molar-refractivity contribution in [2.24, 2.45) is 17.6 Å². The van der Waals surface area contributed by atoms with Crippen LogP contribution >= 0.6 is 0 Å². The summed E-state index contributed by atoms with van der Waals surface area (Å²) in [5.74, 6) is -0.608. The molecule has 23 heavy (non-hydrogen) atoms. The quantitative estimate of drug-likeness (QED) is 0.836. The molecule has 3 amide bonds. The number of nitrogens with zero attached hydrogens (tertiary/aromatic N) is 2. The van der Waals surface area contributed by atoms with E-state index in [1.54, 1.807) is 9.80 Å². The molecule has 7 heteroatoms. The largest absolute Gasteiger partial charge is 0.444 e. The van der Waals surface area contributed by atoms with Crippen molar-refractivity contribution in [3.8, 4) is 0 Å². The molecule has 0 saturated carbocycles. The van der Waals surface area contributed by atoms with Gasteiger partial charge >= 0.3 is 6.09 Å². The molecule has 0 aromatic heterocycles. The van der Waals surface area contributed by atoms with Crippen LogP contribution in [0, 0.1) is 11.8 Å². The SMILES string of the molecule is CC(C)(C)OC(=O)N1CCCC(CN2CC(C(N)=O)CC2=O)C1. The highest BCUT2D eigenvalue weighted by Crippen LogP contribution is 2.24. The van der Waals surface area contributed by atoms with Crippen LogP contribution in [0.15, 0.2) is 0 Å². The van der Waals surface area contributed by atoms with Gasteiger partial charge in [-0.1, -0.05) is 0 Å². The van der Waals surface area contributed by atoms with Crippen LogP contribution in [0.25, 0.3) is 0 Å². The van der Waals surface area contributed by atoms with E-state index in [4.69, 9.17) is 10.5 Å². The van der Waals surface area contributed by atoms with E-state index in [2.05, 4.69) is 0 Å². The van der Waals surface area contributed by atoms with Crippen molar-refractivity contribution in [3.63, 3.8) is 0 Å². The molecule has 2 N–H and O–H groups in total. The second-order valence-electron chi connectivity index (χ2n) is 7.54. The maximum Gasteiger partial charge on any atom is 0.410 e. The van der Waals surface area contributed by atoms with Gasteiger partial charge in [0.15, 0.2) is 0 Å². The van der Waals surface area contributed by atoms with Crippen molar-refractivity contribution in [2.45, 2.75) is 45.6 Å². The lowest BCUT2D eigenvalue weighted by molar-refractivity contribution is -0.129. The standard InChI is InChI=1S/C16H27N3O4/c1-16(2,3)23-15(22)18-6-4-5-11(8-18)9-19-10-12(14(17)21)7-13(19)20/h11-12H,4-10H2,1-3H3,(H2,17,21). The summed E-state index contributed by atoms with van der Waals surface area (Å²) in [5, 5.41) is 0. The number of amides is 3. The van der Waals surface area contributed by atoms with Gasteiger partial charge in [-0.15, -0.1) is 0 Å². The van der Waals surface area contributed by atoms with Gasteiger partial charge in [0.1, 0.15) is 5.60 Å². The Labute approximate surface area is 137 Å². The minimum atomic E-state index is -0.510. The summed E-state index contributed by atoms with van der Waals surface area (Å²) >= 11 is 0. The summed E-state index contributed by atoms with van der Waals surface area (Å²) in [6.07, 6.45) is 1.76. The first-order chi connectivity index (χ1) is 10.7. The van der Waals surface area contributed by atoms with Gasteiger partial charge in [0.2, 0.25) is 11.8 Å². The van der Waals surface area contributed by atoms with Crippen LogP contribution in [0.2, 0.25) is 0 Å². The Bertz CT molecular complexity index is 486. The number of likely N-dealkylation sites (tertiary alicyclic amines) is 2. The Balaban J connectivity index is 1.88. The minimum Gasteiger partial charge on any atom is -0.444 e. The lowest BCUT2D eigenvalue weighted by Gasteiger charge is -2.35. The first-order valence-corrected chi connectivity index (χ1v) is 8.20. The molecule has 0 bridgehead atoms. The fourth-order valence-electron chi connectivity index (χ4n) is 3.16. The highest BCUT2D eigenvalue weighted by atomic mass is 16.6. The predicted molar refractivity (Wildman–Crippen MR) is 84.4 cm³/mol. The molecule has 7 nitrogen and oxygen atoms in total. The Morgan fingerprint density at radius 1 is 1.30 bits per heavy atom. The van der Waals surface area contributed by atoms with Gasteiger partial charge in [0.05, 0.1) is 5.92 Å². The number of rotatable bonds is 3. The first-order valence-electron chi connectivity index (χ1n) is 8.20. The lowest BCUT2D eigenvalue weighted by atomic mass is 9.98. The fourth-order valence-corrected chi connectivity index (χ4v) is 3.16. The maximum absolute atomic E-state index is 12.2. The number of piperidine rings is 1. The van der Waals surface area contributed by atoms with E-state index in [1.165, 1.54) is 0 Å². The Hall–Kier alpha value is -1.79. The average molecular weight is 325 g/mol. The number of nitrogens with two attached hydrogens (primary N) is 1. The van der Waals surface area contributed by atoms with Gasteiger partial charge in [0, 0.05) is 32.6 Å². The fraction of sp³-hybridized carbons (Fsp3) is 0.812. The first kappa shape index (κ1) is 17.6. The van der Waals surface area contributed by atoms with Crippen molar-refractivity contribution in [3.05, 3.63) is 0 Å². The van der Waals surface area contributed by atoms with Gasteiger partial charge in [0.25, 0.3) is 0 Å². The zero-order valence-corrected chi connectivity index (χ0v) is 14.2. The highest BCUT2D eigenvalue weighted by Gasteiger charge is 2.35. The molecule has 2 unspecified atom stereocenters. The van der Waals surface area contributed by atoms with E-state index in [-0.39, 0.29) is 30.3 Å². The van der Waals surface area contributed by atoms with E-state index < -0.39 is 11.5 Å². The molecule has 0 aromatic rings. The highest BCUT2D eigenvalue weighted by molar-refractivity contribution is 5.88. The Morgan fingerprint density at radius 3 is 2.57 bits per heavy atom. The molecule has 2 aliphatic rings. The number of hydrogen-bond donors (Lipinski definition) is 1. The molecule has 0 radical (unpaired) electrons. The molecule has 0 aromatic carbocycles. The van der Waals surface area contributed by atoms with Crippen molar-refractivity contribution >= 4 is 17.9 Å². The zero-order valence-electron chi connectivity index (χ0n) is 14.2. The third-order valence-corrected chi connectivity index (χ3v) is 4.27. The van der Waals surface area contributed by atoms with Crippen molar-refractivity contribution < 1.29 is 19.1 Å². The molecule has 2 saturated heterocycles. The van der Waals surface area contributed by atoms with Crippen molar-refractivity contribution in [1.82, 2.24) is 9.80 Å². The molecule has 2 atom stereocenters. The molecular weight excluding hydrogens is 298 g/mol. The van der Waals surface area contributed by atoms with Crippen LogP contribution < -0.4 is 5.73 Å². The smallest absolute Gasteiger partial charge is 0.410 e. The Morgan fingerprint density at radius 2 is 2.00 bits per heavy atom. The normalized spacial score (nSPS) is 25.6. The van der Waals surface area contributed by atoms with E-state index >= 15 is 0 Å². The number of hydrogen-bond acceptors (Lipinski definition) is 4. The van der Waals surface area contributed by atoms with E-state index in [0.29, 0.717) is 26.2 Å². The van der Waals surface area contributed by atoms with Crippen LogP contribution in [0.3, 0.4) is 0 Å². The van der Waals surface area contributed by atoms with Crippen LogP contribution in [0.1, 0.15) is 40.0 Å². The lowest BCUT2D eigenvalue weighted by Crippen LogP contribution is -2.46. The number of primary amides is 1. The average Bonchev–Trinajstić information content (AvgIpc) is 2.79. The summed E-state index contributed by atoms with van der Waals surface area (Å²) < 4.78 is 5.41. The summed E-state index contributed by atoms with van der Waals surface area (Å²) in [4.78, 5) is 38.8. The molecular formula is C16H27N3O4. The monoisotopic (exact) mass is 325 g/mol. The molecule has 0 spiro atoms. The third-order valence-electron chi connectivity index (χ3n) is 4.27. The Kier molecular flexibility index (Phi) is 5.16. The van der Waals surface area contributed by atoms with Crippen molar-refractivity contribution in [1.29, 1.82) is 0 Å². The van der Waals surface area contributed by atoms with Gasteiger partial charge in [-0.2, -0.15) is 0 Å². The van der Waals surface area contributed by atoms with Gasteiger partial charge in [-0.25, -0.2) is 4.79 Å².